The Bertz CT molecular complexity index is 1220. The molecule has 2 saturated heterocycles. The van der Waals surface area contributed by atoms with Crippen molar-refractivity contribution in [2.24, 2.45) is 0 Å². The van der Waals surface area contributed by atoms with Crippen molar-refractivity contribution in [1.29, 1.82) is 0 Å². The molecule has 0 bridgehead atoms. The number of nitrogens with zero attached hydrogens (tertiary/aromatic N) is 4. The number of ether oxygens (including phenoxy) is 1. The van der Waals surface area contributed by atoms with Crippen LogP contribution in [0.15, 0.2) is 41.5 Å². The number of carbonyl (C=O) groups is 1. The molecule has 2 aromatic heterocycles. The lowest BCUT2D eigenvalue weighted by molar-refractivity contribution is -0.116. The maximum absolute atomic E-state index is 14.6. The lowest BCUT2D eigenvalue weighted by Gasteiger charge is -2.31. The molecule has 1 N–H and O–H groups in total. The van der Waals surface area contributed by atoms with Gasteiger partial charge in [-0.2, -0.15) is 0 Å². The van der Waals surface area contributed by atoms with E-state index in [1.54, 1.807) is 29.5 Å². The van der Waals surface area contributed by atoms with Crippen molar-refractivity contribution in [3.63, 3.8) is 0 Å². The summed E-state index contributed by atoms with van der Waals surface area (Å²) in [5, 5.41) is 5.84. The van der Waals surface area contributed by atoms with Gasteiger partial charge in [-0.05, 0) is 55.0 Å². The molecule has 9 heteroatoms. The van der Waals surface area contributed by atoms with E-state index in [2.05, 4.69) is 27.1 Å². The van der Waals surface area contributed by atoms with Gasteiger partial charge in [0.1, 0.15) is 6.61 Å². The van der Waals surface area contributed by atoms with Crippen LogP contribution in [-0.2, 0) is 17.8 Å². The second-order valence-corrected chi connectivity index (χ2v) is 9.73. The summed E-state index contributed by atoms with van der Waals surface area (Å²) in [7, 11) is 0. The first-order valence-corrected chi connectivity index (χ1v) is 12.9. The number of amides is 1. The predicted octanol–water partition coefficient (Wildman–Crippen LogP) is 4.50. The summed E-state index contributed by atoms with van der Waals surface area (Å²) in [6.07, 6.45) is 9.12. The lowest BCUT2D eigenvalue weighted by atomic mass is 9.98. The van der Waals surface area contributed by atoms with Crippen LogP contribution in [-0.4, -0.2) is 40.5 Å². The van der Waals surface area contributed by atoms with Crippen LogP contribution in [0.4, 0.5) is 10.3 Å². The molecule has 1 aromatic carbocycles. The van der Waals surface area contributed by atoms with Crippen molar-refractivity contribution in [3.05, 3.63) is 69.2 Å². The second-order valence-electron chi connectivity index (χ2n) is 8.84. The molecule has 0 spiro atoms. The van der Waals surface area contributed by atoms with Gasteiger partial charge in [0, 0.05) is 48.9 Å². The van der Waals surface area contributed by atoms with E-state index < -0.39 is 5.82 Å². The normalized spacial score (nSPS) is 17.7. The Morgan fingerprint density at radius 2 is 2.06 bits per heavy atom. The number of rotatable bonds is 7. The monoisotopic (exact) mass is 493 g/mol. The van der Waals surface area contributed by atoms with Crippen molar-refractivity contribution < 1.29 is 13.9 Å². The van der Waals surface area contributed by atoms with Gasteiger partial charge in [-0.1, -0.05) is 13.0 Å². The van der Waals surface area contributed by atoms with E-state index in [9.17, 15) is 9.18 Å². The van der Waals surface area contributed by atoms with E-state index in [1.165, 1.54) is 6.07 Å². The van der Waals surface area contributed by atoms with Crippen LogP contribution in [0.25, 0.3) is 6.08 Å². The van der Waals surface area contributed by atoms with Gasteiger partial charge < -0.3 is 15.0 Å². The first kappa shape index (κ1) is 23.4. The molecule has 0 unspecified atom stereocenters. The summed E-state index contributed by atoms with van der Waals surface area (Å²) in [6, 6.07) is 4.76. The van der Waals surface area contributed by atoms with E-state index in [1.807, 2.05) is 17.8 Å². The zero-order valence-corrected chi connectivity index (χ0v) is 20.5. The van der Waals surface area contributed by atoms with Gasteiger partial charge >= 0.3 is 0 Å². The van der Waals surface area contributed by atoms with Crippen LogP contribution in [0.2, 0.25) is 0 Å². The molecule has 2 aliphatic heterocycles. The Hall–Kier alpha value is -3.33. The summed E-state index contributed by atoms with van der Waals surface area (Å²) < 4.78 is 20.3. The fraction of sp³-hybridized carbons (Fsp3) is 0.385. The number of hydrogen-bond donors (Lipinski definition) is 1. The molecule has 0 saturated carbocycles. The fourth-order valence-corrected chi connectivity index (χ4v) is 5.32. The van der Waals surface area contributed by atoms with E-state index in [4.69, 9.17) is 9.72 Å². The number of halogens is 1. The first-order valence-electron chi connectivity index (χ1n) is 12.0. The molecule has 0 radical (unpaired) electrons. The highest BCUT2D eigenvalue weighted by Gasteiger charge is 2.24. The first-order chi connectivity index (χ1) is 17.1. The van der Waals surface area contributed by atoms with Gasteiger partial charge in [0.2, 0.25) is 11.9 Å². The highest BCUT2D eigenvalue weighted by molar-refractivity contribution is 7.09. The number of carbonyl (C=O) groups excluding carboxylic acids is 1. The fourth-order valence-electron chi connectivity index (χ4n) is 4.35. The number of aryl methyl sites for hydroxylation is 1. The molecular formula is C26H28FN5O2S. The van der Waals surface area contributed by atoms with Crippen LogP contribution in [0.3, 0.4) is 0 Å². The Morgan fingerprint density at radius 3 is 2.74 bits per heavy atom. The number of anilines is 1. The Morgan fingerprint density at radius 1 is 1.26 bits per heavy atom. The van der Waals surface area contributed by atoms with E-state index in [0.29, 0.717) is 30.0 Å². The third kappa shape index (κ3) is 5.51. The topological polar surface area (TPSA) is 80.2 Å². The van der Waals surface area contributed by atoms with Gasteiger partial charge in [0.05, 0.1) is 10.7 Å². The molecule has 2 aliphatic rings. The van der Waals surface area contributed by atoms with Gasteiger partial charge in [-0.3, -0.25) is 4.79 Å². The molecule has 35 heavy (non-hydrogen) atoms. The highest BCUT2D eigenvalue weighted by atomic mass is 32.1. The summed E-state index contributed by atoms with van der Waals surface area (Å²) in [4.78, 5) is 27.7. The minimum atomic E-state index is -0.449. The number of piperidine rings is 1. The zero-order valence-electron chi connectivity index (χ0n) is 19.7. The molecule has 4 heterocycles. The number of thiazole rings is 1. The lowest BCUT2D eigenvalue weighted by Crippen LogP contribution is -2.34. The zero-order chi connectivity index (χ0) is 24.2. The molecule has 1 amide bonds. The molecule has 2 fully saturated rings. The summed E-state index contributed by atoms with van der Waals surface area (Å²) in [5.74, 6) is 0.839. The van der Waals surface area contributed by atoms with Gasteiger partial charge in [-0.15, -0.1) is 11.3 Å². The Kier molecular flexibility index (Phi) is 7.03. The number of nitrogens with one attached hydrogen (secondary N) is 1. The van der Waals surface area contributed by atoms with Crippen LogP contribution in [0.5, 0.6) is 5.75 Å². The van der Waals surface area contributed by atoms with Crippen molar-refractivity contribution >= 4 is 29.3 Å². The molecule has 182 valence electrons. The smallest absolute Gasteiger partial charge is 0.247 e. The van der Waals surface area contributed by atoms with E-state index in [-0.39, 0.29) is 18.3 Å². The average Bonchev–Trinajstić information content (AvgIpc) is 3.53. The van der Waals surface area contributed by atoms with Crippen LogP contribution in [0.1, 0.15) is 53.9 Å². The third-order valence-electron chi connectivity index (χ3n) is 6.44. The Labute approximate surface area is 208 Å². The van der Waals surface area contributed by atoms with Gasteiger partial charge in [-0.25, -0.2) is 19.3 Å². The number of hydrogen-bond acceptors (Lipinski definition) is 7. The standard InChI is InChI=1S/C26H28FN5O2S/c1-2-17-13-29-26(30-14-17)32-9-6-19(7-10-32)25-31-21(16-35-25)15-34-23-4-3-18(12-22(23)27)11-20-5-8-28-24(20)33/h3-4,11-14,16,19H,2,5-10,15H2,1H3,(H,28,33)/b20-11+. The Balaban J connectivity index is 1.14. The van der Waals surface area contributed by atoms with E-state index >= 15 is 0 Å². The van der Waals surface area contributed by atoms with Crippen molar-refractivity contribution in [2.75, 3.05) is 24.5 Å². The third-order valence-corrected chi connectivity index (χ3v) is 7.50. The largest absolute Gasteiger partial charge is 0.484 e. The van der Waals surface area contributed by atoms with Crippen molar-refractivity contribution in [1.82, 2.24) is 20.3 Å². The number of aromatic nitrogens is 3. The van der Waals surface area contributed by atoms with Gasteiger partial charge in [0.15, 0.2) is 11.6 Å². The minimum absolute atomic E-state index is 0.0882. The van der Waals surface area contributed by atoms with Gasteiger partial charge in [0.25, 0.3) is 0 Å². The molecule has 5 rings (SSSR count). The second kappa shape index (κ2) is 10.5. The molecule has 3 aromatic rings. The predicted molar refractivity (Wildman–Crippen MR) is 134 cm³/mol. The van der Waals surface area contributed by atoms with Crippen molar-refractivity contribution in [3.8, 4) is 5.75 Å². The molecule has 7 nitrogen and oxygen atoms in total. The summed E-state index contributed by atoms with van der Waals surface area (Å²) >= 11 is 1.64. The summed E-state index contributed by atoms with van der Waals surface area (Å²) in [5.41, 5.74) is 3.27. The molecule has 0 aliphatic carbocycles. The van der Waals surface area contributed by atoms with Crippen molar-refractivity contribution in [2.45, 2.75) is 45.1 Å². The minimum Gasteiger partial charge on any atom is -0.484 e. The number of benzene rings is 1. The average molecular weight is 494 g/mol. The van der Waals surface area contributed by atoms with E-state index in [0.717, 1.165) is 54.6 Å². The SMILES string of the molecule is CCc1cnc(N2CCC(c3nc(COc4ccc(/C=C5\CCNC5=O)cc4F)cs3)CC2)nc1. The van der Waals surface area contributed by atoms with Crippen LogP contribution >= 0.6 is 11.3 Å². The molecule has 0 atom stereocenters. The summed E-state index contributed by atoms with van der Waals surface area (Å²) in [6.45, 7) is 4.74. The maximum atomic E-state index is 14.6. The molecular weight excluding hydrogens is 465 g/mol. The quantitative estimate of drug-likeness (QED) is 0.488. The maximum Gasteiger partial charge on any atom is 0.247 e. The highest BCUT2D eigenvalue weighted by Crippen LogP contribution is 2.32. The van der Waals surface area contributed by atoms with Crippen LogP contribution in [0, 0.1) is 5.82 Å². The van der Waals surface area contributed by atoms with Crippen LogP contribution < -0.4 is 15.0 Å².